The van der Waals surface area contributed by atoms with Gasteiger partial charge in [0.1, 0.15) is 0 Å². The van der Waals surface area contributed by atoms with Crippen molar-refractivity contribution in [2.75, 3.05) is 31.1 Å². The van der Waals surface area contributed by atoms with Crippen LogP contribution in [0.1, 0.15) is 24.0 Å². The monoisotopic (exact) mass is 320 g/mol. The number of carbonyl (C=O) groups is 1. The molecule has 1 aromatic carbocycles. The summed E-state index contributed by atoms with van der Waals surface area (Å²) in [6.07, 6.45) is 2.09. The third-order valence-corrected chi connectivity index (χ3v) is 5.51. The first-order chi connectivity index (χ1) is 10.8. The molecular weight excluding hydrogens is 296 g/mol. The fourth-order valence-corrected chi connectivity index (χ4v) is 4.18. The van der Waals surface area contributed by atoms with E-state index in [4.69, 9.17) is 5.11 Å². The SMILES string of the molecule is O=C(C1CCCN1Cc1ccc(CO)cc1)N1CCSCC1. The van der Waals surface area contributed by atoms with Crippen molar-refractivity contribution in [2.45, 2.75) is 32.0 Å². The van der Waals surface area contributed by atoms with Gasteiger partial charge >= 0.3 is 0 Å². The third-order valence-electron chi connectivity index (χ3n) is 4.56. The Kier molecular flexibility index (Phi) is 5.39. The van der Waals surface area contributed by atoms with Crippen molar-refractivity contribution in [1.82, 2.24) is 9.80 Å². The van der Waals surface area contributed by atoms with Crippen LogP contribution in [-0.2, 0) is 17.9 Å². The lowest BCUT2D eigenvalue weighted by Crippen LogP contribution is -2.48. The first-order valence-corrected chi connectivity index (χ1v) is 9.22. The Labute approximate surface area is 136 Å². The minimum absolute atomic E-state index is 0.0561. The molecule has 1 atom stereocenters. The molecule has 0 bridgehead atoms. The molecule has 0 saturated carbocycles. The number of hydrogen-bond acceptors (Lipinski definition) is 4. The van der Waals surface area contributed by atoms with Gasteiger partial charge in [0.15, 0.2) is 0 Å². The van der Waals surface area contributed by atoms with E-state index in [0.29, 0.717) is 5.91 Å². The first kappa shape index (κ1) is 15.8. The molecule has 2 fully saturated rings. The second kappa shape index (κ2) is 7.49. The van der Waals surface area contributed by atoms with E-state index in [1.54, 1.807) is 0 Å². The zero-order valence-electron chi connectivity index (χ0n) is 12.9. The Morgan fingerprint density at radius 1 is 1.14 bits per heavy atom. The molecule has 1 unspecified atom stereocenters. The van der Waals surface area contributed by atoms with Crippen LogP contribution in [0, 0.1) is 0 Å². The number of rotatable bonds is 4. The molecule has 0 radical (unpaired) electrons. The van der Waals surface area contributed by atoms with Crippen molar-refractivity contribution in [1.29, 1.82) is 0 Å². The molecule has 120 valence electrons. The van der Waals surface area contributed by atoms with Crippen molar-refractivity contribution < 1.29 is 9.90 Å². The Bertz CT molecular complexity index is 500. The maximum absolute atomic E-state index is 12.7. The third kappa shape index (κ3) is 3.65. The van der Waals surface area contributed by atoms with E-state index >= 15 is 0 Å². The van der Waals surface area contributed by atoms with Crippen LogP contribution in [0.25, 0.3) is 0 Å². The van der Waals surface area contributed by atoms with Gasteiger partial charge < -0.3 is 10.0 Å². The van der Waals surface area contributed by atoms with E-state index < -0.39 is 0 Å². The Morgan fingerprint density at radius 2 is 1.82 bits per heavy atom. The molecule has 1 amide bonds. The van der Waals surface area contributed by atoms with Gasteiger partial charge in [-0.3, -0.25) is 9.69 Å². The van der Waals surface area contributed by atoms with Gasteiger partial charge in [-0.2, -0.15) is 11.8 Å². The number of carbonyl (C=O) groups excluding carboxylic acids is 1. The van der Waals surface area contributed by atoms with Crippen LogP contribution in [0.3, 0.4) is 0 Å². The molecule has 4 nitrogen and oxygen atoms in total. The molecule has 0 aromatic heterocycles. The lowest BCUT2D eigenvalue weighted by atomic mass is 10.1. The fraction of sp³-hybridized carbons (Fsp3) is 0.588. The van der Waals surface area contributed by atoms with E-state index in [0.717, 1.165) is 56.1 Å². The van der Waals surface area contributed by atoms with Crippen LogP contribution in [0.4, 0.5) is 0 Å². The molecule has 2 aliphatic heterocycles. The molecule has 0 spiro atoms. The number of benzene rings is 1. The summed E-state index contributed by atoms with van der Waals surface area (Å²) in [6.45, 7) is 3.71. The highest BCUT2D eigenvalue weighted by atomic mass is 32.2. The molecule has 5 heteroatoms. The van der Waals surface area contributed by atoms with Crippen LogP contribution in [0.2, 0.25) is 0 Å². The molecule has 2 saturated heterocycles. The number of hydrogen-bond donors (Lipinski definition) is 1. The van der Waals surface area contributed by atoms with Crippen molar-refractivity contribution >= 4 is 17.7 Å². The number of amides is 1. The summed E-state index contributed by atoms with van der Waals surface area (Å²) >= 11 is 1.94. The smallest absolute Gasteiger partial charge is 0.239 e. The van der Waals surface area contributed by atoms with Gasteiger partial charge in [0.25, 0.3) is 0 Å². The van der Waals surface area contributed by atoms with Crippen LogP contribution < -0.4 is 0 Å². The van der Waals surface area contributed by atoms with Crippen LogP contribution in [-0.4, -0.2) is 58.0 Å². The van der Waals surface area contributed by atoms with E-state index in [1.165, 1.54) is 5.56 Å². The largest absolute Gasteiger partial charge is 0.392 e. The predicted molar refractivity (Wildman–Crippen MR) is 89.7 cm³/mol. The summed E-state index contributed by atoms with van der Waals surface area (Å²) < 4.78 is 0. The first-order valence-electron chi connectivity index (χ1n) is 8.07. The highest BCUT2D eigenvalue weighted by molar-refractivity contribution is 7.99. The Hall–Kier alpha value is -1.04. The van der Waals surface area contributed by atoms with Crippen LogP contribution in [0.5, 0.6) is 0 Å². The molecule has 0 aliphatic carbocycles. The molecule has 22 heavy (non-hydrogen) atoms. The molecule has 1 N–H and O–H groups in total. The fourth-order valence-electron chi connectivity index (χ4n) is 3.27. The Morgan fingerprint density at radius 3 is 2.50 bits per heavy atom. The average molecular weight is 320 g/mol. The van der Waals surface area contributed by atoms with Gasteiger partial charge in [-0.1, -0.05) is 24.3 Å². The predicted octanol–water partition coefficient (Wildman–Crippen LogP) is 1.72. The lowest BCUT2D eigenvalue weighted by Gasteiger charge is -2.32. The van der Waals surface area contributed by atoms with E-state index in [1.807, 2.05) is 28.8 Å². The second-order valence-corrected chi connectivity index (χ2v) is 7.27. The summed E-state index contributed by atoms with van der Waals surface area (Å²) in [6, 6.07) is 8.10. The van der Waals surface area contributed by atoms with Crippen molar-refractivity contribution in [3.8, 4) is 0 Å². The van der Waals surface area contributed by atoms with Gasteiger partial charge in [0.2, 0.25) is 5.91 Å². The molecule has 2 heterocycles. The maximum atomic E-state index is 12.7. The van der Waals surface area contributed by atoms with E-state index in [9.17, 15) is 4.79 Å². The van der Waals surface area contributed by atoms with Crippen molar-refractivity contribution in [2.24, 2.45) is 0 Å². The van der Waals surface area contributed by atoms with Crippen LogP contribution >= 0.6 is 11.8 Å². The van der Waals surface area contributed by atoms with Gasteiger partial charge in [-0.25, -0.2) is 0 Å². The van der Waals surface area contributed by atoms with Gasteiger partial charge in [0.05, 0.1) is 12.6 Å². The second-order valence-electron chi connectivity index (χ2n) is 6.04. The summed E-state index contributed by atoms with van der Waals surface area (Å²) in [5.41, 5.74) is 2.15. The number of aliphatic hydroxyl groups is 1. The number of nitrogens with zero attached hydrogens (tertiary/aromatic N) is 2. The normalized spacial score (nSPS) is 23.0. The van der Waals surface area contributed by atoms with Crippen molar-refractivity contribution in [3.05, 3.63) is 35.4 Å². The quantitative estimate of drug-likeness (QED) is 0.917. The molecule has 1 aromatic rings. The summed E-state index contributed by atoms with van der Waals surface area (Å²) in [4.78, 5) is 17.1. The number of aliphatic hydroxyl groups excluding tert-OH is 1. The summed E-state index contributed by atoms with van der Waals surface area (Å²) in [5.74, 6) is 2.46. The minimum Gasteiger partial charge on any atom is -0.392 e. The number of likely N-dealkylation sites (tertiary alicyclic amines) is 1. The van der Waals surface area contributed by atoms with Gasteiger partial charge in [0, 0.05) is 31.1 Å². The molecule has 3 rings (SSSR count). The van der Waals surface area contributed by atoms with Gasteiger partial charge in [-0.15, -0.1) is 0 Å². The van der Waals surface area contributed by atoms with Crippen LogP contribution in [0.15, 0.2) is 24.3 Å². The zero-order chi connectivity index (χ0) is 15.4. The standard InChI is InChI=1S/C17H24N2O2S/c20-13-15-5-3-14(4-6-15)12-19-7-1-2-16(19)17(21)18-8-10-22-11-9-18/h3-6,16,20H,1-2,7-13H2. The van der Waals surface area contributed by atoms with E-state index in [-0.39, 0.29) is 12.6 Å². The highest BCUT2D eigenvalue weighted by Crippen LogP contribution is 2.23. The maximum Gasteiger partial charge on any atom is 0.239 e. The van der Waals surface area contributed by atoms with Crippen molar-refractivity contribution in [3.63, 3.8) is 0 Å². The summed E-state index contributed by atoms with van der Waals surface area (Å²) in [7, 11) is 0. The average Bonchev–Trinajstić information content (AvgIpc) is 3.04. The zero-order valence-corrected chi connectivity index (χ0v) is 13.7. The number of thioether (sulfide) groups is 1. The highest BCUT2D eigenvalue weighted by Gasteiger charge is 2.33. The topological polar surface area (TPSA) is 43.8 Å². The summed E-state index contributed by atoms with van der Waals surface area (Å²) in [5, 5.41) is 9.11. The Balaban J connectivity index is 1.63. The van der Waals surface area contributed by atoms with Gasteiger partial charge in [-0.05, 0) is 30.5 Å². The lowest BCUT2D eigenvalue weighted by molar-refractivity contribution is -0.135. The molecule has 2 aliphatic rings. The molecular formula is C17H24N2O2S. The minimum atomic E-state index is 0.0561. The van der Waals surface area contributed by atoms with E-state index in [2.05, 4.69) is 17.0 Å².